The number of hydrogen-bond acceptors (Lipinski definition) is 10. The SMILES string of the molecule is CC[C@@](OC(=O)[C@H]1Cc2ccccc2CN1S(=O)(=O)c1ccc(-c2ccccc2)cc1)(C(=O)O)c1cc2n(c(=O)c1COC(C)=O)CCC21CC(C)(C)COO1. The van der Waals surface area contributed by atoms with Gasteiger partial charge in [-0.2, -0.15) is 4.31 Å². The van der Waals surface area contributed by atoms with Crippen molar-refractivity contribution in [3.8, 4) is 11.1 Å². The Bertz CT molecular complexity index is 2360. The van der Waals surface area contributed by atoms with Crippen LogP contribution in [0.3, 0.4) is 0 Å². The number of nitrogens with zero attached hydrogens (tertiary/aromatic N) is 2. The van der Waals surface area contributed by atoms with E-state index in [-0.39, 0.29) is 47.4 Å². The van der Waals surface area contributed by atoms with Crippen LogP contribution in [0.5, 0.6) is 0 Å². The molecular formula is C42H44N2O11S. The van der Waals surface area contributed by atoms with Crippen molar-refractivity contribution in [1.29, 1.82) is 0 Å². The number of pyridine rings is 1. The Morgan fingerprint density at radius 2 is 1.62 bits per heavy atom. The number of carbonyl (C=O) groups excluding carboxylic acids is 2. The number of rotatable bonds is 10. The van der Waals surface area contributed by atoms with Crippen LogP contribution in [0.2, 0.25) is 0 Å². The fourth-order valence-corrected chi connectivity index (χ4v) is 9.76. The highest BCUT2D eigenvalue weighted by Crippen LogP contribution is 2.49. The van der Waals surface area contributed by atoms with Gasteiger partial charge >= 0.3 is 17.9 Å². The second-order valence-electron chi connectivity index (χ2n) is 15.4. The van der Waals surface area contributed by atoms with Gasteiger partial charge in [-0.15, -0.1) is 0 Å². The number of hydrogen-bond donors (Lipinski definition) is 1. The highest BCUT2D eigenvalue weighted by molar-refractivity contribution is 7.89. The van der Waals surface area contributed by atoms with Crippen LogP contribution in [0.4, 0.5) is 0 Å². The molecule has 56 heavy (non-hydrogen) atoms. The molecule has 1 saturated heterocycles. The number of carboxylic acid groups (broad SMARTS) is 1. The van der Waals surface area contributed by atoms with Crippen molar-refractivity contribution in [2.24, 2.45) is 5.41 Å². The van der Waals surface area contributed by atoms with Crippen molar-refractivity contribution < 1.29 is 47.2 Å². The van der Waals surface area contributed by atoms with Gasteiger partial charge in [-0.05, 0) is 58.7 Å². The van der Waals surface area contributed by atoms with Crippen LogP contribution in [-0.4, -0.2) is 53.0 Å². The fourth-order valence-electron chi connectivity index (χ4n) is 8.21. The Kier molecular flexibility index (Phi) is 10.3. The van der Waals surface area contributed by atoms with Crippen LogP contribution >= 0.6 is 0 Å². The molecule has 3 aliphatic rings. The predicted molar refractivity (Wildman–Crippen MR) is 202 cm³/mol. The molecule has 14 heteroatoms. The summed E-state index contributed by atoms with van der Waals surface area (Å²) in [5.74, 6) is -3.44. The minimum Gasteiger partial charge on any atom is -0.478 e. The molecular weight excluding hydrogens is 741 g/mol. The van der Waals surface area contributed by atoms with E-state index in [4.69, 9.17) is 19.2 Å². The van der Waals surface area contributed by atoms with Gasteiger partial charge in [-0.1, -0.05) is 87.5 Å². The largest absolute Gasteiger partial charge is 0.478 e. The van der Waals surface area contributed by atoms with E-state index in [1.807, 2.05) is 44.2 Å². The van der Waals surface area contributed by atoms with Crippen LogP contribution < -0.4 is 5.56 Å². The highest BCUT2D eigenvalue weighted by atomic mass is 32.2. The number of fused-ring (bicyclic) bond motifs is 3. The van der Waals surface area contributed by atoms with E-state index in [0.29, 0.717) is 36.3 Å². The van der Waals surface area contributed by atoms with Gasteiger partial charge < -0.3 is 19.1 Å². The molecule has 294 valence electrons. The second kappa shape index (κ2) is 14.7. The van der Waals surface area contributed by atoms with Gasteiger partial charge in [0.1, 0.15) is 18.2 Å². The van der Waals surface area contributed by atoms with Crippen LogP contribution in [0.25, 0.3) is 11.1 Å². The fraction of sp³-hybridized carbons (Fsp3) is 0.381. The zero-order valence-electron chi connectivity index (χ0n) is 31.6. The lowest BCUT2D eigenvalue weighted by Gasteiger charge is -2.41. The second-order valence-corrected chi connectivity index (χ2v) is 17.3. The number of carbonyl (C=O) groups is 3. The lowest BCUT2D eigenvalue weighted by Crippen LogP contribution is -2.52. The first kappa shape index (κ1) is 39.1. The van der Waals surface area contributed by atoms with Gasteiger partial charge in [0.15, 0.2) is 0 Å². The number of aromatic nitrogens is 1. The summed E-state index contributed by atoms with van der Waals surface area (Å²) in [4.78, 5) is 66.0. The summed E-state index contributed by atoms with van der Waals surface area (Å²) < 4.78 is 42.8. The Morgan fingerprint density at radius 3 is 2.27 bits per heavy atom. The molecule has 0 bridgehead atoms. The number of benzene rings is 3. The summed E-state index contributed by atoms with van der Waals surface area (Å²) in [5, 5.41) is 11.1. The monoisotopic (exact) mass is 784 g/mol. The lowest BCUT2D eigenvalue weighted by atomic mass is 9.77. The molecule has 4 aromatic rings. The third-order valence-electron chi connectivity index (χ3n) is 11.1. The molecule has 7 rings (SSSR count). The molecule has 1 N–H and O–H groups in total. The molecule has 0 amide bonds. The van der Waals surface area contributed by atoms with E-state index in [1.165, 1.54) is 29.7 Å². The van der Waals surface area contributed by atoms with E-state index >= 15 is 0 Å². The standard InChI is InChI=1S/C42H44N2O11S/c1-5-42(39(48)49,34-22-36-41(25-40(3,4)26-53-55-41)19-20-43(36)37(46)33(34)24-52-27(2)45)54-38(47)35-21-30-13-9-10-14-31(30)23-44(35)56(50,51)32-17-15-29(16-18-32)28-11-7-6-8-12-28/h6-18,22,35H,5,19-21,23-26H2,1-4H3,(H,48,49)/t35-,41?,42+/m1/s1. The van der Waals surface area contributed by atoms with E-state index < -0.39 is 57.3 Å². The third-order valence-corrected chi connectivity index (χ3v) is 12.9. The van der Waals surface area contributed by atoms with Crippen LogP contribution in [0.1, 0.15) is 74.9 Å². The van der Waals surface area contributed by atoms with Gasteiger partial charge in [0.25, 0.3) is 5.56 Å². The van der Waals surface area contributed by atoms with Crippen molar-refractivity contribution in [3.63, 3.8) is 0 Å². The maximum atomic E-state index is 14.7. The molecule has 3 aromatic carbocycles. The van der Waals surface area contributed by atoms with E-state index in [9.17, 15) is 32.7 Å². The summed E-state index contributed by atoms with van der Waals surface area (Å²) in [5.41, 5.74) is -1.62. The summed E-state index contributed by atoms with van der Waals surface area (Å²) in [7, 11) is -4.37. The molecule has 3 aliphatic heterocycles. The number of aliphatic carboxylic acids is 1. The molecule has 13 nitrogen and oxygen atoms in total. The minimum absolute atomic E-state index is 0.0624. The maximum absolute atomic E-state index is 14.7. The Morgan fingerprint density at radius 1 is 0.964 bits per heavy atom. The van der Waals surface area contributed by atoms with Crippen LogP contribution in [0, 0.1) is 5.41 Å². The Hall–Kier alpha value is -5.15. The first-order valence-electron chi connectivity index (χ1n) is 18.5. The first-order valence-corrected chi connectivity index (χ1v) is 20.0. The van der Waals surface area contributed by atoms with Gasteiger partial charge in [0, 0.05) is 38.4 Å². The van der Waals surface area contributed by atoms with Crippen LogP contribution in [0.15, 0.2) is 94.6 Å². The van der Waals surface area contributed by atoms with Gasteiger partial charge in [-0.25, -0.2) is 23.0 Å². The normalized spacial score (nSPS) is 21.4. The predicted octanol–water partition coefficient (Wildman–Crippen LogP) is 5.60. The number of sulfonamides is 1. The van der Waals surface area contributed by atoms with Crippen molar-refractivity contribution in [1.82, 2.24) is 8.87 Å². The van der Waals surface area contributed by atoms with E-state index in [2.05, 4.69) is 0 Å². The maximum Gasteiger partial charge on any atom is 0.352 e. The molecule has 1 aromatic heterocycles. The smallest absolute Gasteiger partial charge is 0.352 e. The van der Waals surface area contributed by atoms with E-state index in [1.54, 1.807) is 36.4 Å². The highest BCUT2D eigenvalue weighted by Gasteiger charge is 2.54. The number of carboxylic acids is 1. The summed E-state index contributed by atoms with van der Waals surface area (Å²) in [6.07, 6.45) is 0.312. The van der Waals surface area contributed by atoms with Crippen LogP contribution in [-0.2, 0) is 81.0 Å². The zero-order valence-corrected chi connectivity index (χ0v) is 32.5. The average Bonchev–Trinajstić information content (AvgIpc) is 3.52. The average molecular weight is 785 g/mol. The molecule has 4 heterocycles. The van der Waals surface area contributed by atoms with Crippen molar-refractivity contribution in [2.75, 3.05) is 6.61 Å². The summed E-state index contributed by atoms with van der Waals surface area (Å²) in [6, 6.07) is 22.9. The molecule has 1 unspecified atom stereocenters. The van der Waals surface area contributed by atoms with Gasteiger partial charge in [0.05, 0.1) is 22.8 Å². The molecule has 1 fully saturated rings. The van der Waals surface area contributed by atoms with Crippen molar-refractivity contribution >= 4 is 27.9 Å². The Balaban J connectivity index is 1.32. The Labute approximate surface area is 324 Å². The molecule has 0 aliphatic carbocycles. The third kappa shape index (κ3) is 6.95. The quantitative estimate of drug-likeness (QED) is 0.157. The zero-order chi connectivity index (χ0) is 40.0. The summed E-state index contributed by atoms with van der Waals surface area (Å²) >= 11 is 0. The lowest BCUT2D eigenvalue weighted by molar-refractivity contribution is -0.410. The minimum atomic E-state index is -4.37. The van der Waals surface area contributed by atoms with Gasteiger partial charge in [-0.3, -0.25) is 14.4 Å². The summed E-state index contributed by atoms with van der Waals surface area (Å²) in [6.45, 7) is 6.36. The first-order chi connectivity index (χ1) is 26.6. The molecule has 1 spiro atoms. The number of ether oxygens (including phenoxy) is 2. The molecule has 0 radical (unpaired) electrons. The van der Waals surface area contributed by atoms with Crippen molar-refractivity contribution in [2.45, 2.75) is 95.2 Å². The van der Waals surface area contributed by atoms with Crippen molar-refractivity contribution in [3.05, 3.63) is 123 Å². The molecule has 0 saturated carbocycles. The number of esters is 2. The topological polar surface area (TPSA) is 168 Å². The van der Waals surface area contributed by atoms with E-state index in [0.717, 1.165) is 22.4 Å². The van der Waals surface area contributed by atoms with Gasteiger partial charge in [0.2, 0.25) is 15.6 Å². The molecule has 3 atom stereocenters.